The van der Waals surface area contributed by atoms with Crippen molar-refractivity contribution in [3.8, 4) is 17.5 Å². The van der Waals surface area contributed by atoms with Crippen molar-refractivity contribution in [2.75, 3.05) is 43.0 Å². The maximum Gasteiger partial charge on any atom is 0.269 e. The molecule has 1 aliphatic rings. The van der Waals surface area contributed by atoms with Gasteiger partial charge in [-0.25, -0.2) is 4.98 Å². The number of para-hydroxylation sites is 1. The largest absolute Gasteiger partial charge is 0.491 e. The summed E-state index contributed by atoms with van der Waals surface area (Å²) in [5.74, 6) is 0.988. The molecule has 4 aromatic rings. The zero-order chi connectivity index (χ0) is 27.4. The summed E-state index contributed by atoms with van der Waals surface area (Å²) in [5.41, 5.74) is 12.6. The second-order valence-electron chi connectivity index (χ2n) is 9.52. The van der Waals surface area contributed by atoms with Crippen LogP contribution in [-0.2, 0) is 0 Å². The number of aromatic nitrogens is 4. The molecule has 11 nitrogen and oxygen atoms in total. The lowest BCUT2D eigenvalue weighted by atomic mass is 10.1. The Balaban J connectivity index is 1.56. The molecule has 2 aromatic heterocycles. The standard InChI is InChI=1S/C28H31N9O2/c1-18(32-25-20(17-29)24(30)34-28(31)35-25)26-33-21-11-8-12-22(39-16-15-36-13-6-3-7-14-36)23(21)27(38)37(26)19-9-4-2-5-10-19/h2,4-5,8-12,18H,3,6-7,13-16H2,1H3,(H5,30,31,32,34,35). The molecular formula is C28H31N9O2. The molecule has 1 aliphatic heterocycles. The van der Waals surface area contributed by atoms with E-state index in [9.17, 15) is 10.1 Å². The van der Waals surface area contributed by atoms with E-state index in [4.69, 9.17) is 21.2 Å². The normalized spacial score (nSPS) is 14.6. The Morgan fingerprint density at radius 2 is 1.82 bits per heavy atom. The number of nitrogens with zero attached hydrogens (tertiary/aromatic N) is 6. The maximum absolute atomic E-state index is 14.1. The van der Waals surface area contributed by atoms with Crippen molar-refractivity contribution in [1.82, 2.24) is 24.4 Å². The smallest absolute Gasteiger partial charge is 0.269 e. The molecule has 0 spiro atoms. The number of nitrogens with one attached hydrogen (secondary N) is 1. The molecule has 1 saturated heterocycles. The lowest BCUT2D eigenvalue weighted by Gasteiger charge is -2.26. The molecule has 1 fully saturated rings. The van der Waals surface area contributed by atoms with Gasteiger partial charge >= 0.3 is 0 Å². The molecule has 0 amide bonds. The third-order valence-electron chi connectivity index (χ3n) is 6.82. The minimum absolute atomic E-state index is 0.0297. The van der Waals surface area contributed by atoms with E-state index in [-0.39, 0.29) is 28.7 Å². The van der Waals surface area contributed by atoms with Crippen molar-refractivity contribution in [2.45, 2.75) is 32.2 Å². The third kappa shape index (κ3) is 5.46. The molecule has 11 heteroatoms. The van der Waals surface area contributed by atoms with Crippen LogP contribution in [0.5, 0.6) is 5.75 Å². The zero-order valence-corrected chi connectivity index (χ0v) is 21.8. The molecule has 0 bridgehead atoms. The topological polar surface area (TPSA) is 161 Å². The zero-order valence-electron chi connectivity index (χ0n) is 21.8. The van der Waals surface area contributed by atoms with Gasteiger partial charge in [0.15, 0.2) is 5.82 Å². The lowest BCUT2D eigenvalue weighted by molar-refractivity contribution is 0.184. The number of anilines is 3. The van der Waals surface area contributed by atoms with Gasteiger partial charge in [0.05, 0.1) is 17.2 Å². The highest BCUT2D eigenvalue weighted by Crippen LogP contribution is 2.27. The third-order valence-corrected chi connectivity index (χ3v) is 6.82. The number of rotatable bonds is 8. The average molecular weight is 526 g/mol. The summed E-state index contributed by atoms with van der Waals surface area (Å²) >= 11 is 0. The average Bonchev–Trinajstić information content (AvgIpc) is 2.94. The lowest BCUT2D eigenvalue weighted by Crippen LogP contribution is -2.33. The summed E-state index contributed by atoms with van der Waals surface area (Å²) in [6.07, 6.45) is 3.69. The van der Waals surface area contributed by atoms with Crippen LogP contribution in [0.15, 0.2) is 53.3 Å². The Morgan fingerprint density at radius 1 is 1.05 bits per heavy atom. The molecular weight excluding hydrogens is 494 g/mol. The van der Waals surface area contributed by atoms with Crippen LogP contribution in [0.4, 0.5) is 17.6 Å². The van der Waals surface area contributed by atoms with Crippen molar-refractivity contribution in [2.24, 2.45) is 0 Å². The first kappa shape index (κ1) is 25.9. The molecule has 200 valence electrons. The fourth-order valence-electron chi connectivity index (χ4n) is 4.90. The maximum atomic E-state index is 14.1. The van der Waals surface area contributed by atoms with Gasteiger partial charge in [0.2, 0.25) is 5.95 Å². The van der Waals surface area contributed by atoms with Crippen LogP contribution in [0.1, 0.15) is 43.6 Å². The molecule has 5 rings (SSSR count). The number of nitrogens with two attached hydrogens (primary N) is 2. The van der Waals surface area contributed by atoms with Gasteiger partial charge in [-0.3, -0.25) is 14.3 Å². The van der Waals surface area contributed by atoms with Crippen LogP contribution in [0.25, 0.3) is 16.6 Å². The highest BCUT2D eigenvalue weighted by Gasteiger charge is 2.22. The summed E-state index contributed by atoms with van der Waals surface area (Å²) in [7, 11) is 0. The Labute approximate surface area is 226 Å². The van der Waals surface area contributed by atoms with E-state index in [2.05, 4.69) is 20.2 Å². The minimum Gasteiger partial charge on any atom is -0.491 e. The number of piperidine rings is 1. The molecule has 1 unspecified atom stereocenters. The van der Waals surface area contributed by atoms with Crippen LogP contribution in [0.3, 0.4) is 0 Å². The van der Waals surface area contributed by atoms with Crippen LogP contribution in [-0.4, -0.2) is 50.7 Å². The number of nitrogen functional groups attached to an aromatic ring is 2. The highest BCUT2D eigenvalue weighted by molar-refractivity contribution is 5.84. The van der Waals surface area contributed by atoms with Crippen molar-refractivity contribution >= 4 is 28.5 Å². The molecule has 1 atom stereocenters. The number of ether oxygens (including phenoxy) is 1. The quantitative estimate of drug-likeness (QED) is 0.311. The van der Waals surface area contributed by atoms with Crippen molar-refractivity contribution in [3.05, 3.63) is 70.3 Å². The van der Waals surface area contributed by atoms with Gasteiger partial charge in [0, 0.05) is 6.54 Å². The summed E-state index contributed by atoms with van der Waals surface area (Å²) in [5, 5.41) is 13.2. The molecule has 3 heterocycles. The monoisotopic (exact) mass is 525 g/mol. The summed E-state index contributed by atoms with van der Waals surface area (Å²) < 4.78 is 7.71. The number of nitriles is 1. The highest BCUT2D eigenvalue weighted by atomic mass is 16.5. The van der Waals surface area contributed by atoms with E-state index in [1.807, 2.05) is 55.5 Å². The van der Waals surface area contributed by atoms with Crippen LogP contribution in [0, 0.1) is 11.3 Å². The SMILES string of the molecule is CC(Nc1nc(N)nc(N)c1C#N)c1nc2cccc(OCCN3CCCCC3)c2c(=O)n1-c1ccccc1. The first-order valence-corrected chi connectivity index (χ1v) is 13.0. The number of fused-ring (bicyclic) bond motifs is 1. The van der Waals surface area contributed by atoms with Crippen LogP contribution in [0.2, 0.25) is 0 Å². The van der Waals surface area contributed by atoms with Gasteiger partial charge in [0.1, 0.15) is 41.0 Å². The number of likely N-dealkylation sites (tertiary alicyclic amines) is 1. The summed E-state index contributed by atoms with van der Waals surface area (Å²) in [4.78, 5) is 29.4. The molecule has 0 aliphatic carbocycles. The molecule has 5 N–H and O–H groups in total. The summed E-state index contributed by atoms with van der Waals surface area (Å²) in [6, 6.07) is 16.2. The van der Waals surface area contributed by atoms with Crippen molar-refractivity contribution in [1.29, 1.82) is 5.26 Å². The van der Waals surface area contributed by atoms with Crippen LogP contribution < -0.4 is 27.1 Å². The van der Waals surface area contributed by atoms with E-state index in [0.29, 0.717) is 34.8 Å². The fourth-order valence-corrected chi connectivity index (χ4v) is 4.90. The first-order chi connectivity index (χ1) is 19.0. The number of hydrogen-bond donors (Lipinski definition) is 3. The second kappa shape index (κ2) is 11.4. The number of hydrogen-bond acceptors (Lipinski definition) is 10. The van der Waals surface area contributed by atoms with Crippen LogP contribution >= 0.6 is 0 Å². The molecule has 39 heavy (non-hydrogen) atoms. The first-order valence-electron chi connectivity index (χ1n) is 13.0. The minimum atomic E-state index is -0.563. The van der Waals surface area contributed by atoms with E-state index < -0.39 is 6.04 Å². The van der Waals surface area contributed by atoms with E-state index >= 15 is 0 Å². The van der Waals surface area contributed by atoms with E-state index in [0.717, 1.165) is 19.6 Å². The fraction of sp³-hybridized carbons (Fsp3) is 0.321. The molecule has 0 saturated carbocycles. The van der Waals surface area contributed by atoms with Gasteiger partial charge in [-0.1, -0.05) is 30.7 Å². The van der Waals surface area contributed by atoms with Gasteiger partial charge in [-0.2, -0.15) is 15.2 Å². The predicted octanol–water partition coefficient (Wildman–Crippen LogP) is 3.25. The second-order valence-corrected chi connectivity index (χ2v) is 9.52. The number of benzene rings is 2. The van der Waals surface area contributed by atoms with Gasteiger partial charge in [0.25, 0.3) is 5.56 Å². The Hall–Kier alpha value is -4.69. The van der Waals surface area contributed by atoms with Gasteiger partial charge < -0.3 is 21.5 Å². The van der Waals surface area contributed by atoms with Crippen molar-refractivity contribution in [3.63, 3.8) is 0 Å². The van der Waals surface area contributed by atoms with E-state index in [1.165, 1.54) is 19.3 Å². The van der Waals surface area contributed by atoms with Crippen molar-refractivity contribution < 1.29 is 4.74 Å². The molecule has 2 aromatic carbocycles. The van der Waals surface area contributed by atoms with Gasteiger partial charge in [-0.05, 0) is 57.1 Å². The Morgan fingerprint density at radius 3 is 2.56 bits per heavy atom. The Kier molecular flexibility index (Phi) is 7.56. The molecule has 0 radical (unpaired) electrons. The Bertz CT molecular complexity index is 1570. The van der Waals surface area contributed by atoms with Gasteiger partial charge in [-0.15, -0.1) is 0 Å². The van der Waals surface area contributed by atoms with E-state index in [1.54, 1.807) is 10.6 Å². The predicted molar refractivity (Wildman–Crippen MR) is 151 cm³/mol. The summed E-state index contributed by atoms with van der Waals surface area (Å²) in [6.45, 7) is 5.26.